The van der Waals surface area contributed by atoms with E-state index in [1.807, 2.05) is 12.1 Å². The number of nitrogens with one attached hydrogen (secondary N) is 1. The van der Waals surface area contributed by atoms with Crippen LogP contribution in [0.25, 0.3) is 0 Å². The van der Waals surface area contributed by atoms with Gasteiger partial charge in [0.25, 0.3) is 0 Å². The van der Waals surface area contributed by atoms with Gasteiger partial charge in [0, 0.05) is 31.3 Å². The monoisotopic (exact) mass is 275 g/mol. The third-order valence-electron chi connectivity index (χ3n) is 3.75. The van der Waals surface area contributed by atoms with E-state index in [0.29, 0.717) is 18.1 Å². The number of carbonyl (C=O) groups excluding carboxylic acids is 1. The Hall–Kier alpha value is -1.75. The van der Waals surface area contributed by atoms with Crippen molar-refractivity contribution in [2.45, 2.75) is 25.7 Å². The Balaban J connectivity index is 1.48. The average Bonchev–Trinajstić information content (AvgIpc) is 2.94. The summed E-state index contributed by atoms with van der Waals surface area (Å²) in [6, 6.07) is 5.45. The lowest BCUT2D eigenvalue weighted by atomic mass is 9.94. The third-order valence-corrected chi connectivity index (χ3v) is 3.75. The number of nitrogens with zero attached hydrogens (tertiary/aromatic N) is 1. The van der Waals surface area contributed by atoms with E-state index in [2.05, 4.69) is 10.6 Å². The molecule has 1 aromatic carbocycles. The number of rotatable bonds is 4. The predicted octanol–water partition coefficient (Wildman–Crippen LogP) is 2.15. The SMILES string of the molecule is O=C(CCC1CCC[N]C1)Nc1ccc2c(c1)OCO2. The van der Waals surface area contributed by atoms with Crippen LogP contribution in [0.5, 0.6) is 11.5 Å². The lowest BCUT2D eigenvalue weighted by molar-refractivity contribution is -0.116. The lowest BCUT2D eigenvalue weighted by Gasteiger charge is -2.20. The van der Waals surface area contributed by atoms with Crippen LogP contribution >= 0.6 is 0 Å². The zero-order valence-electron chi connectivity index (χ0n) is 11.4. The van der Waals surface area contributed by atoms with Gasteiger partial charge in [-0.25, -0.2) is 5.32 Å². The fourth-order valence-electron chi connectivity index (χ4n) is 2.63. The van der Waals surface area contributed by atoms with Crippen molar-refractivity contribution in [3.63, 3.8) is 0 Å². The van der Waals surface area contributed by atoms with Gasteiger partial charge in [-0.1, -0.05) is 0 Å². The number of hydrogen-bond donors (Lipinski definition) is 1. The van der Waals surface area contributed by atoms with Crippen molar-refractivity contribution in [3.8, 4) is 11.5 Å². The van der Waals surface area contributed by atoms with Gasteiger partial charge in [-0.05, 0) is 37.3 Å². The van der Waals surface area contributed by atoms with Crippen LogP contribution in [0.2, 0.25) is 0 Å². The third kappa shape index (κ3) is 3.22. The van der Waals surface area contributed by atoms with Gasteiger partial charge in [-0.3, -0.25) is 4.79 Å². The Morgan fingerprint density at radius 1 is 1.35 bits per heavy atom. The second-order valence-electron chi connectivity index (χ2n) is 5.29. The van der Waals surface area contributed by atoms with Crippen molar-refractivity contribution in [2.24, 2.45) is 5.92 Å². The molecule has 5 nitrogen and oxygen atoms in total. The minimum atomic E-state index is 0.0504. The summed E-state index contributed by atoms with van der Waals surface area (Å²) in [6.45, 7) is 2.15. The van der Waals surface area contributed by atoms with E-state index in [0.717, 1.165) is 37.4 Å². The number of piperidine rings is 1. The Morgan fingerprint density at radius 3 is 3.10 bits per heavy atom. The van der Waals surface area contributed by atoms with E-state index in [1.54, 1.807) is 6.07 Å². The van der Waals surface area contributed by atoms with Crippen molar-refractivity contribution >= 4 is 11.6 Å². The fourth-order valence-corrected chi connectivity index (χ4v) is 2.63. The molecule has 0 bridgehead atoms. The van der Waals surface area contributed by atoms with E-state index in [4.69, 9.17) is 9.47 Å². The quantitative estimate of drug-likeness (QED) is 0.915. The molecule has 0 aliphatic carbocycles. The summed E-state index contributed by atoms with van der Waals surface area (Å²) in [5.74, 6) is 2.04. The maximum Gasteiger partial charge on any atom is 0.231 e. The van der Waals surface area contributed by atoms with Crippen molar-refractivity contribution < 1.29 is 14.3 Å². The topological polar surface area (TPSA) is 61.7 Å². The Kier molecular flexibility index (Phi) is 4.06. The summed E-state index contributed by atoms with van der Waals surface area (Å²) in [7, 11) is 0. The van der Waals surface area contributed by atoms with Crippen LogP contribution < -0.4 is 20.1 Å². The van der Waals surface area contributed by atoms with Crippen molar-refractivity contribution in [1.82, 2.24) is 5.32 Å². The molecule has 0 spiro atoms. The van der Waals surface area contributed by atoms with Crippen LogP contribution in [0.4, 0.5) is 5.69 Å². The van der Waals surface area contributed by atoms with Crippen LogP contribution in [0.1, 0.15) is 25.7 Å². The van der Waals surface area contributed by atoms with Gasteiger partial charge in [0.15, 0.2) is 11.5 Å². The molecule has 1 fully saturated rings. The number of hydrogen-bond acceptors (Lipinski definition) is 3. The van der Waals surface area contributed by atoms with Crippen molar-refractivity contribution in [2.75, 3.05) is 25.2 Å². The molecule has 2 aliphatic rings. The van der Waals surface area contributed by atoms with Crippen LogP contribution in [-0.2, 0) is 4.79 Å². The number of ether oxygens (including phenoxy) is 2. The zero-order valence-corrected chi connectivity index (χ0v) is 11.4. The molecule has 1 saturated heterocycles. The molecule has 2 aliphatic heterocycles. The van der Waals surface area contributed by atoms with Gasteiger partial charge in [0.2, 0.25) is 12.7 Å². The molecular formula is C15H19N2O3. The summed E-state index contributed by atoms with van der Waals surface area (Å²) >= 11 is 0. The average molecular weight is 275 g/mol. The molecule has 5 heteroatoms. The first kappa shape index (κ1) is 13.2. The standard InChI is InChI=1S/C15H19N2O3/c18-15(6-3-11-2-1-7-16-9-11)17-12-4-5-13-14(8-12)20-10-19-13/h4-5,8,11H,1-3,6-7,9-10H2,(H,17,18). The summed E-state index contributed by atoms with van der Waals surface area (Å²) < 4.78 is 10.5. The predicted molar refractivity (Wildman–Crippen MR) is 75.0 cm³/mol. The molecule has 1 unspecified atom stereocenters. The Bertz CT molecular complexity index is 484. The highest BCUT2D eigenvalue weighted by Gasteiger charge is 2.16. The van der Waals surface area contributed by atoms with Gasteiger partial charge in [-0.15, -0.1) is 0 Å². The number of anilines is 1. The number of fused-ring (bicyclic) bond motifs is 1. The summed E-state index contributed by atoms with van der Waals surface area (Å²) in [5, 5.41) is 7.30. The summed E-state index contributed by atoms with van der Waals surface area (Å²) in [6.07, 6.45) is 3.82. The zero-order chi connectivity index (χ0) is 13.8. The second-order valence-corrected chi connectivity index (χ2v) is 5.29. The summed E-state index contributed by atoms with van der Waals surface area (Å²) in [5.41, 5.74) is 0.757. The molecule has 1 amide bonds. The van der Waals surface area contributed by atoms with Gasteiger partial charge in [-0.2, -0.15) is 0 Å². The molecular weight excluding hydrogens is 256 g/mol. The molecule has 1 radical (unpaired) electrons. The smallest absolute Gasteiger partial charge is 0.231 e. The molecule has 3 rings (SSSR count). The molecule has 1 aromatic rings. The van der Waals surface area contributed by atoms with Crippen LogP contribution in [0.3, 0.4) is 0 Å². The highest BCUT2D eigenvalue weighted by atomic mass is 16.7. The largest absolute Gasteiger partial charge is 0.454 e. The molecule has 107 valence electrons. The first-order valence-electron chi connectivity index (χ1n) is 7.14. The fraction of sp³-hybridized carbons (Fsp3) is 0.533. The Morgan fingerprint density at radius 2 is 2.25 bits per heavy atom. The highest BCUT2D eigenvalue weighted by molar-refractivity contribution is 5.91. The number of benzene rings is 1. The van der Waals surface area contributed by atoms with Crippen LogP contribution in [-0.4, -0.2) is 25.8 Å². The first-order valence-corrected chi connectivity index (χ1v) is 7.14. The highest BCUT2D eigenvalue weighted by Crippen LogP contribution is 2.34. The van der Waals surface area contributed by atoms with Gasteiger partial charge >= 0.3 is 0 Å². The molecule has 0 saturated carbocycles. The number of amides is 1. The van der Waals surface area contributed by atoms with Crippen LogP contribution in [0, 0.1) is 5.92 Å². The maximum absolute atomic E-state index is 11.9. The van der Waals surface area contributed by atoms with E-state index in [-0.39, 0.29) is 12.7 Å². The molecule has 0 aromatic heterocycles. The maximum atomic E-state index is 11.9. The van der Waals surface area contributed by atoms with Gasteiger partial charge < -0.3 is 14.8 Å². The van der Waals surface area contributed by atoms with Crippen LogP contribution in [0.15, 0.2) is 18.2 Å². The molecule has 2 heterocycles. The van der Waals surface area contributed by atoms with Gasteiger partial charge in [0.05, 0.1) is 0 Å². The minimum Gasteiger partial charge on any atom is -0.454 e. The van der Waals surface area contributed by atoms with Gasteiger partial charge in [0.1, 0.15) is 0 Å². The first-order chi connectivity index (χ1) is 9.81. The van der Waals surface area contributed by atoms with Crippen molar-refractivity contribution in [3.05, 3.63) is 18.2 Å². The van der Waals surface area contributed by atoms with E-state index in [1.165, 1.54) is 6.42 Å². The minimum absolute atomic E-state index is 0.0504. The second kappa shape index (κ2) is 6.13. The lowest BCUT2D eigenvalue weighted by Crippen LogP contribution is -2.25. The molecule has 1 N–H and O–H groups in total. The normalized spacial score (nSPS) is 20.7. The van der Waals surface area contributed by atoms with E-state index in [9.17, 15) is 4.79 Å². The summed E-state index contributed by atoms with van der Waals surface area (Å²) in [4.78, 5) is 11.9. The number of carbonyl (C=O) groups is 1. The molecule has 20 heavy (non-hydrogen) atoms. The Labute approximate surface area is 118 Å². The van der Waals surface area contributed by atoms with E-state index < -0.39 is 0 Å². The molecule has 1 atom stereocenters. The van der Waals surface area contributed by atoms with E-state index >= 15 is 0 Å². The van der Waals surface area contributed by atoms with Crippen molar-refractivity contribution in [1.29, 1.82) is 0 Å².